The smallest absolute Gasteiger partial charge is 0.308 e. The first-order valence-electron chi connectivity index (χ1n) is 9.08. The maximum Gasteiger partial charge on any atom is 0.308 e. The molecule has 0 unspecified atom stereocenters. The predicted molar refractivity (Wildman–Crippen MR) is 95.2 cm³/mol. The molecule has 1 aliphatic heterocycles. The number of fused-ring (bicyclic) bond motifs is 1. The molecule has 2 fully saturated rings. The normalized spacial score (nSPS) is 23.3. The second kappa shape index (κ2) is 6.21. The highest BCUT2D eigenvalue weighted by Crippen LogP contribution is 2.44. The molecule has 5 heteroatoms. The van der Waals surface area contributed by atoms with E-state index in [9.17, 15) is 14.7 Å². The third-order valence-electron chi connectivity index (χ3n) is 5.85. The fourth-order valence-corrected chi connectivity index (χ4v) is 4.32. The van der Waals surface area contributed by atoms with Gasteiger partial charge < -0.3 is 14.6 Å². The predicted octanol–water partition coefficient (Wildman–Crippen LogP) is 2.68. The molecule has 0 spiro atoms. The number of para-hydroxylation sites is 1. The van der Waals surface area contributed by atoms with Crippen molar-refractivity contribution < 1.29 is 14.7 Å². The summed E-state index contributed by atoms with van der Waals surface area (Å²) in [5.41, 5.74) is 2.35. The number of carbonyl (C=O) groups excluding carboxylic acids is 1. The van der Waals surface area contributed by atoms with E-state index in [-0.39, 0.29) is 17.7 Å². The van der Waals surface area contributed by atoms with Crippen molar-refractivity contribution in [1.29, 1.82) is 0 Å². The minimum absolute atomic E-state index is 0.0855. The average molecular weight is 340 g/mol. The van der Waals surface area contributed by atoms with Crippen LogP contribution in [-0.2, 0) is 23.1 Å². The van der Waals surface area contributed by atoms with Crippen molar-refractivity contribution in [3.8, 4) is 0 Å². The van der Waals surface area contributed by atoms with Gasteiger partial charge in [-0.25, -0.2) is 0 Å². The van der Waals surface area contributed by atoms with Gasteiger partial charge in [-0.15, -0.1) is 0 Å². The standard InChI is InChI=1S/C20H24N2O3/c1-21-10-14(15-4-2-3-5-18(15)21)8-9-19(23)22-11-16(13-6-7-13)17(12-22)20(24)25/h2-5,10,13,16-17H,6-9,11-12H2,1H3,(H,24,25)/t16-,17+/m1/s1. The summed E-state index contributed by atoms with van der Waals surface area (Å²) in [6, 6.07) is 8.21. The molecule has 0 radical (unpaired) electrons. The number of amides is 1. The van der Waals surface area contributed by atoms with Crippen molar-refractivity contribution in [2.45, 2.75) is 25.7 Å². The Morgan fingerprint density at radius 2 is 1.96 bits per heavy atom. The van der Waals surface area contributed by atoms with Gasteiger partial charge in [-0.3, -0.25) is 9.59 Å². The minimum atomic E-state index is -0.749. The number of aliphatic carboxylic acids is 1. The van der Waals surface area contributed by atoms with Crippen LogP contribution in [0.15, 0.2) is 30.5 Å². The number of carboxylic acid groups (broad SMARTS) is 1. The van der Waals surface area contributed by atoms with E-state index in [1.807, 2.05) is 19.2 Å². The van der Waals surface area contributed by atoms with Gasteiger partial charge in [0, 0.05) is 43.7 Å². The molecule has 1 N–H and O–H groups in total. The molecule has 1 aromatic carbocycles. The molecule has 1 amide bonds. The number of likely N-dealkylation sites (tertiary alicyclic amines) is 1. The number of nitrogens with zero attached hydrogens (tertiary/aromatic N) is 2. The minimum Gasteiger partial charge on any atom is -0.481 e. The van der Waals surface area contributed by atoms with Crippen molar-refractivity contribution >= 4 is 22.8 Å². The number of benzene rings is 1. The molecular weight excluding hydrogens is 316 g/mol. The molecule has 1 aliphatic carbocycles. The highest BCUT2D eigenvalue weighted by atomic mass is 16.4. The van der Waals surface area contributed by atoms with Gasteiger partial charge in [0.25, 0.3) is 0 Å². The van der Waals surface area contributed by atoms with E-state index >= 15 is 0 Å². The third-order valence-corrected chi connectivity index (χ3v) is 5.85. The second-order valence-corrected chi connectivity index (χ2v) is 7.53. The molecule has 2 atom stereocenters. The number of hydrogen-bond acceptors (Lipinski definition) is 2. The molecule has 5 nitrogen and oxygen atoms in total. The molecule has 2 aromatic rings. The lowest BCUT2D eigenvalue weighted by Gasteiger charge is -2.16. The largest absolute Gasteiger partial charge is 0.481 e. The maximum atomic E-state index is 12.6. The van der Waals surface area contributed by atoms with Crippen LogP contribution in [0.4, 0.5) is 0 Å². The topological polar surface area (TPSA) is 62.5 Å². The Morgan fingerprint density at radius 1 is 1.20 bits per heavy atom. The van der Waals surface area contributed by atoms with Crippen LogP contribution in [0.25, 0.3) is 10.9 Å². The number of aromatic nitrogens is 1. The number of hydrogen-bond donors (Lipinski definition) is 1. The van der Waals surface area contributed by atoms with Crippen molar-refractivity contribution in [2.75, 3.05) is 13.1 Å². The molecule has 2 heterocycles. The van der Waals surface area contributed by atoms with Gasteiger partial charge in [0.1, 0.15) is 0 Å². The summed E-state index contributed by atoms with van der Waals surface area (Å²) in [5.74, 6) is -0.381. The van der Waals surface area contributed by atoms with Gasteiger partial charge in [-0.2, -0.15) is 0 Å². The molecule has 1 saturated carbocycles. The first kappa shape index (κ1) is 16.2. The van der Waals surface area contributed by atoms with E-state index in [1.165, 1.54) is 16.5 Å². The van der Waals surface area contributed by atoms with Gasteiger partial charge in [-0.05, 0) is 42.7 Å². The zero-order valence-corrected chi connectivity index (χ0v) is 14.5. The summed E-state index contributed by atoms with van der Waals surface area (Å²) in [7, 11) is 2.02. The lowest BCUT2D eigenvalue weighted by molar-refractivity contribution is -0.142. The lowest BCUT2D eigenvalue weighted by atomic mass is 9.92. The fraction of sp³-hybridized carbons (Fsp3) is 0.500. The third kappa shape index (κ3) is 3.03. The zero-order chi connectivity index (χ0) is 17.6. The summed E-state index contributed by atoms with van der Waals surface area (Å²) >= 11 is 0. The van der Waals surface area contributed by atoms with E-state index in [0.717, 1.165) is 12.8 Å². The monoisotopic (exact) mass is 340 g/mol. The van der Waals surface area contributed by atoms with Gasteiger partial charge in [-0.1, -0.05) is 18.2 Å². The number of rotatable bonds is 5. The fourth-order valence-electron chi connectivity index (χ4n) is 4.32. The van der Waals surface area contributed by atoms with Crippen molar-refractivity contribution in [3.05, 3.63) is 36.0 Å². The first-order chi connectivity index (χ1) is 12.0. The average Bonchev–Trinajstić information content (AvgIpc) is 3.26. The van der Waals surface area contributed by atoms with Crippen molar-refractivity contribution in [3.63, 3.8) is 0 Å². The summed E-state index contributed by atoms with van der Waals surface area (Å²) in [5, 5.41) is 10.6. The summed E-state index contributed by atoms with van der Waals surface area (Å²) in [6.07, 6.45) is 5.47. The molecule has 0 bridgehead atoms. The highest BCUT2D eigenvalue weighted by Gasteiger charge is 2.46. The SMILES string of the molecule is Cn1cc(CCC(=O)N2C[C@H](C(=O)O)[C@@H](C3CC3)C2)c2ccccc21. The van der Waals surface area contributed by atoms with Crippen LogP contribution in [0.5, 0.6) is 0 Å². The Bertz CT molecular complexity index is 821. The molecular formula is C20H24N2O3. The second-order valence-electron chi connectivity index (χ2n) is 7.53. The van der Waals surface area contributed by atoms with Crippen LogP contribution in [-0.4, -0.2) is 39.5 Å². The molecule has 25 heavy (non-hydrogen) atoms. The van der Waals surface area contributed by atoms with Gasteiger partial charge in [0.2, 0.25) is 5.91 Å². The van der Waals surface area contributed by atoms with Crippen LogP contribution in [0, 0.1) is 17.8 Å². The first-order valence-corrected chi connectivity index (χ1v) is 9.08. The van der Waals surface area contributed by atoms with Crippen LogP contribution >= 0.6 is 0 Å². The van der Waals surface area contributed by atoms with E-state index in [4.69, 9.17) is 0 Å². The Hall–Kier alpha value is -2.30. The van der Waals surface area contributed by atoms with E-state index in [0.29, 0.717) is 31.8 Å². The van der Waals surface area contributed by atoms with Gasteiger partial charge in [0.15, 0.2) is 0 Å². The maximum absolute atomic E-state index is 12.6. The Labute approximate surface area is 147 Å². The van der Waals surface area contributed by atoms with Gasteiger partial charge >= 0.3 is 5.97 Å². The lowest BCUT2D eigenvalue weighted by Crippen LogP contribution is -2.30. The van der Waals surface area contributed by atoms with E-state index in [1.54, 1.807) is 4.90 Å². The molecule has 1 saturated heterocycles. The van der Waals surface area contributed by atoms with Crippen LogP contribution in [0.3, 0.4) is 0 Å². The quantitative estimate of drug-likeness (QED) is 0.910. The van der Waals surface area contributed by atoms with Gasteiger partial charge in [0.05, 0.1) is 5.92 Å². The summed E-state index contributed by atoms with van der Waals surface area (Å²) in [4.78, 5) is 25.9. The van der Waals surface area contributed by atoms with E-state index in [2.05, 4.69) is 22.9 Å². The summed E-state index contributed by atoms with van der Waals surface area (Å²) < 4.78 is 2.09. The van der Waals surface area contributed by atoms with Crippen LogP contribution in [0.1, 0.15) is 24.8 Å². The highest BCUT2D eigenvalue weighted by molar-refractivity contribution is 5.85. The number of carbonyl (C=O) groups is 2. The summed E-state index contributed by atoms with van der Waals surface area (Å²) in [6.45, 7) is 1.00. The molecule has 132 valence electrons. The van der Waals surface area contributed by atoms with Crippen LogP contribution in [0.2, 0.25) is 0 Å². The Balaban J connectivity index is 1.43. The van der Waals surface area contributed by atoms with Crippen LogP contribution < -0.4 is 0 Å². The molecule has 1 aromatic heterocycles. The number of aryl methyl sites for hydroxylation is 2. The zero-order valence-electron chi connectivity index (χ0n) is 14.5. The Morgan fingerprint density at radius 3 is 2.68 bits per heavy atom. The van der Waals surface area contributed by atoms with E-state index < -0.39 is 5.97 Å². The van der Waals surface area contributed by atoms with Crippen molar-refractivity contribution in [1.82, 2.24) is 9.47 Å². The van der Waals surface area contributed by atoms with Crippen molar-refractivity contribution in [2.24, 2.45) is 24.8 Å². The molecule has 4 rings (SSSR count). The molecule has 2 aliphatic rings. The Kier molecular flexibility index (Phi) is 4.02. The number of carboxylic acids is 1.